The van der Waals surface area contributed by atoms with Crippen LogP contribution in [0.1, 0.15) is 58.7 Å². The number of benzene rings is 20. The lowest BCUT2D eigenvalue weighted by Gasteiger charge is -2.22. The van der Waals surface area contributed by atoms with Crippen molar-refractivity contribution in [3.05, 3.63) is 427 Å². The fourth-order valence-corrected chi connectivity index (χ4v) is 19.7. The summed E-state index contributed by atoms with van der Waals surface area (Å²) in [7, 11) is 0. The lowest BCUT2D eigenvalue weighted by Crippen LogP contribution is -2.14. The Morgan fingerprint density at radius 2 is 0.425 bits per heavy atom. The van der Waals surface area contributed by atoms with Gasteiger partial charge in [-0.15, -0.1) is 0 Å². The van der Waals surface area contributed by atoms with Crippen molar-refractivity contribution in [2.24, 2.45) is 0 Å². The first-order chi connectivity index (χ1) is 58.6. The fraction of sp³-hybridized carbons (Fsp3) is 0.0769. The third kappa shape index (κ3) is 12.2. The van der Waals surface area contributed by atoms with Crippen LogP contribution in [-0.2, 0) is 5.41 Å². The minimum absolute atomic E-state index is 0.000411. The highest BCUT2D eigenvalue weighted by Crippen LogP contribution is 2.50. The summed E-state index contributed by atoms with van der Waals surface area (Å²) in [6.07, 6.45) is 0. The first-order valence-electron chi connectivity index (χ1n) is 42.1. The van der Waals surface area contributed by atoms with Crippen LogP contribution >= 0.6 is 0 Å². The maximum absolute atomic E-state index is 2.43. The lowest BCUT2D eigenvalue weighted by molar-refractivity contribution is 0.660. The second-order valence-electron chi connectivity index (χ2n) is 33.9. The van der Waals surface area contributed by atoms with Gasteiger partial charge in [0.15, 0.2) is 0 Å². The highest BCUT2D eigenvalue weighted by Gasteiger charge is 2.35. The van der Waals surface area contributed by atoms with Gasteiger partial charge in [0.2, 0.25) is 0 Å². The molecule has 0 spiro atoms. The van der Waals surface area contributed by atoms with Gasteiger partial charge in [-0.25, -0.2) is 0 Å². The molecule has 0 saturated carbocycles. The molecule has 3 heteroatoms. The minimum atomic E-state index is -0.000411. The molecule has 0 bridgehead atoms. The highest BCUT2D eigenvalue weighted by molar-refractivity contribution is 6.07. The standard InChI is InChI=1S/C45H35N.C38H27N.C34H25N/c1-28-29(2)46(38-20-17-31(18-21-38)35-19-22-40-39-11-7-8-12-42(39)45(3,4)43(40)26-35)44-27-36-16-15-34(24-37(36)25-41(28)44)33-14-13-30-9-5-6-10-32(30)23-33;1-24-25(2)39(36-16-15-32-18-28-9-5-6-10-29(28)19-34(32)21-36)38-23-33-14-13-31(20-35(33)22-37(24)38)30-12-11-26-7-3-4-8-27(26)17-30;1-22-23(2)35(32-16-15-25-8-4-6-10-27(25)19-32)34-21-30-14-13-29(18-31(30)20-33(22)34)28-12-11-24-7-3-5-9-26(24)17-28/h5-27H,1-4H3;3-23H,1-2H3;3-21H,1-2H3. The van der Waals surface area contributed by atoms with E-state index in [9.17, 15) is 0 Å². The predicted molar refractivity (Wildman–Crippen MR) is 515 cm³/mol. The monoisotopic (exact) mass is 1530 g/mol. The van der Waals surface area contributed by atoms with Gasteiger partial charge in [-0.2, -0.15) is 0 Å². The molecule has 0 aliphatic heterocycles. The van der Waals surface area contributed by atoms with E-state index in [1.165, 1.54) is 247 Å². The average Bonchev–Trinajstić information content (AvgIpc) is 1.59. The van der Waals surface area contributed by atoms with Gasteiger partial charge in [-0.3, -0.25) is 0 Å². The molecule has 24 rings (SSSR count). The van der Waals surface area contributed by atoms with Gasteiger partial charge < -0.3 is 13.7 Å². The zero-order valence-electron chi connectivity index (χ0n) is 68.7. The summed E-state index contributed by atoms with van der Waals surface area (Å²) < 4.78 is 7.26. The van der Waals surface area contributed by atoms with E-state index in [1.807, 2.05) is 0 Å². The van der Waals surface area contributed by atoms with Crippen LogP contribution in [0.25, 0.3) is 202 Å². The molecule has 0 fully saturated rings. The van der Waals surface area contributed by atoms with Crippen molar-refractivity contribution in [3.63, 3.8) is 0 Å². The van der Waals surface area contributed by atoms with E-state index in [0.717, 1.165) is 0 Å². The SMILES string of the molecule is Cc1c(C)n(-c2ccc(-c3ccc4c(c3)C(C)(C)c3ccccc3-4)cc2)c2cc3ccc(-c4ccc5ccccc5c4)cc3cc12.Cc1c(C)n(-c2ccc3cc4ccccc4cc3c2)c2cc3ccc(-c4ccc5ccccc5c4)cc3cc12.Cc1c(C)n(-c2ccc3ccccc3c2)c2cc3ccc(-c4ccc5ccccc5c4)cc3cc12. The van der Waals surface area contributed by atoms with Crippen LogP contribution in [0.5, 0.6) is 0 Å². The Morgan fingerprint density at radius 1 is 0.175 bits per heavy atom. The maximum Gasteiger partial charge on any atom is 0.0540 e. The topological polar surface area (TPSA) is 14.8 Å². The van der Waals surface area contributed by atoms with Crippen molar-refractivity contribution in [2.45, 2.75) is 60.8 Å². The second kappa shape index (κ2) is 28.3. The van der Waals surface area contributed by atoms with Crippen LogP contribution in [0.4, 0.5) is 0 Å². The summed E-state index contributed by atoms with van der Waals surface area (Å²) in [5.74, 6) is 0. The molecule has 0 saturated heterocycles. The number of aryl methyl sites for hydroxylation is 3. The second-order valence-corrected chi connectivity index (χ2v) is 33.9. The van der Waals surface area contributed by atoms with E-state index >= 15 is 0 Å². The molecule has 3 heterocycles. The number of fused-ring (bicyclic) bond motifs is 15. The van der Waals surface area contributed by atoms with Crippen molar-refractivity contribution < 1.29 is 0 Å². The normalized spacial score (nSPS) is 12.4. The molecule has 0 radical (unpaired) electrons. The Bertz CT molecular complexity index is 8190. The molecular weight excluding hydrogens is 1450 g/mol. The Balaban J connectivity index is 0.000000109. The predicted octanol–water partition coefficient (Wildman–Crippen LogP) is 32.1. The molecule has 0 amide bonds. The average molecular weight is 1540 g/mol. The van der Waals surface area contributed by atoms with Crippen LogP contribution in [0.15, 0.2) is 382 Å². The van der Waals surface area contributed by atoms with Crippen LogP contribution in [0.3, 0.4) is 0 Å². The molecule has 3 aromatic heterocycles. The van der Waals surface area contributed by atoms with E-state index in [0.29, 0.717) is 0 Å². The van der Waals surface area contributed by atoms with Crippen LogP contribution < -0.4 is 0 Å². The largest absolute Gasteiger partial charge is 0.314 e. The van der Waals surface area contributed by atoms with Crippen molar-refractivity contribution in [2.75, 3.05) is 0 Å². The van der Waals surface area contributed by atoms with Gasteiger partial charge in [-0.05, 0) is 349 Å². The molecule has 3 nitrogen and oxygen atoms in total. The third-order valence-corrected chi connectivity index (χ3v) is 26.7. The highest BCUT2D eigenvalue weighted by atomic mass is 15.0. The Labute approximate surface area is 699 Å². The van der Waals surface area contributed by atoms with Crippen molar-refractivity contribution in [1.29, 1.82) is 0 Å². The Hall–Kier alpha value is -14.6. The van der Waals surface area contributed by atoms with Crippen LogP contribution in [0.2, 0.25) is 0 Å². The van der Waals surface area contributed by atoms with Gasteiger partial charge in [0.05, 0.1) is 16.6 Å². The van der Waals surface area contributed by atoms with Crippen molar-refractivity contribution in [1.82, 2.24) is 13.7 Å². The summed E-state index contributed by atoms with van der Waals surface area (Å²) in [5.41, 5.74) is 30.9. The summed E-state index contributed by atoms with van der Waals surface area (Å²) >= 11 is 0. The van der Waals surface area contributed by atoms with Crippen LogP contribution in [0, 0.1) is 41.5 Å². The molecule has 20 aromatic carbocycles. The molecule has 23 aromatic rings. The van der Waals surface area contributed by atoms with E-state index in [1.54, 1.807) is 0 Å². The van der Waals surface area contributed by atoms with E-state index in [2.05, 4.69) is 451 Å². The number of rotatable bonds is 7. The molecule has 570 valence electrons. The number of hydrogen-bond acceptors (Lipinski definition) is 0. The molecule has 0 atom stereocenters. The Morgan fingerprint density at radius 3 is 0.842 bits per heavy atom. The van der Waals surface area contributed by atoms with E-state index in [4.69, 9.17) is 0 Å². The van der Waals surface area contributed by atoms with E-state index in [-0.39, 0.29) is 5.41 Å². The molecule has 0 N–H and O–H groups in total. The smallest absolute Gasteiger partial charge is 0.0540 e. The summed E-state index contributed by atoms with van der Waals surface area (Å²) in [4.78, 5) is 0. The zero-order valence-corrected chi connectivity index (χ0v) is 68.7. The lowest BCUT2D eigenvalue weighted by atomic mass is 9.81. The molecule has 1 aliphatic carbocycles. The third-order valence-electron chi connectivity index (χ3n) is 26.7. The molecule has 120 heavy (non-hydrogen) atoms. The quantitative estimate of drug-likeness (QED) is 0.141. The van der Waals surface area contributed by atoms with Gasteiger partial charge in [-0.1, -0.05) is 269 Å². The molecule has 1 aliphatic rings. The fourth-order valence-electron chi connectivity index (χ4n) is 19.7. The number of aromatic nitrogens is 3. The Kier molecular flexibility index (Phi) is 17.0. The van der Waals surface area contributed by atoms with E-state index < -0.39 is 0 Å². The van der Waals surface area contributed by atoms with Gasteiger partial charge in [0.1, 0.15) is 0 Å². The summed E-state index contributed by atoms with van der Waals surface area (Å²) in [5, 5.41) is 26.9. The van der Waals surface area contributed by atoms with Gasteiger partial charge in [0.25, 0.3) is 0 Å². The first kappa shape index (κ1) is 71.9. The van der Waals surface area contributed by atoms with Gasteiger partial charge in [0, 0.05) is 55.7 Å². The maximum atomic E-state index is 2.43. The van der Waals surface area contributed by atoms with Gasteiger partial charge >= 0.3 is 0 Å². The van der Waals surface area contributed by atoms with Crippen LogP contribution in [-0.4, -0.2) is 13.7 Å². The zero-order chi connectivity index (χ0) is 80.8. The first-order valence-corrected chi connectivity index (χ1v) is 42.1. The summed E-state index contributed by atoms with van der Waals surface area (Å²) in [6.45, 7) is 18.2. The molecular formula is C117H87N3. The van der Waals surface area contributed by atoms with Crippen molar-refractivity contribution >= 4 is 130 Å². The van der Waals surface area contributed by atoms with Crippen molar-refractivity contribution in [3.8, 4) is 72.7 Å². The summed E-state index contributed by atoms with van der Waals surface area (Å²) in [6, 6.07) is 141. The number of nitrogens with zero attached hydrogens (tertiary/aromatic N) is 3. The molecule has 0 unspecified atom stereocenters. The minimum Gasteiger partial charge on any atom is -0.314 e. The number of hydrogen-bond donors (Lipinski definition) is 0.